The highest BCUT2D eigenvalue weighted by atomic mass is 35.5. The maximum atomic E-state index is 12.6. The molecule has 0 saturated carbocycles. The van der Waals surface area contributed by atoms with Crippen LogP contribution in [0.25, 0.3) is 0 Å². The van der Waals surface area contributed by atoms with Gasteiger partial charge in [-0.25, -0.2) is 8.42 Å². The number of hydrogen-bond acceptors (Lipinski definition) is 3. The number of piperidine rings is 1. The second-order valence-electron chi connectivity index (χ2n) is 4.52. The van der Waals surface area contributed by atoms with E-state index in [0.29, 0.717) is 18.0 Å². The number of hydrogen-bond donors (Lipinski definition) is 1. The molecule has 1 aromatic carbocycles. The molecule has 0 aliphatic carbocycles. The molecule has 2 rings (SSSR count). The van der Waals surface area contributed by atoms with E-state index in [9.17, 15) is 13.5 Å². The normalized spacial score (nSPS) is 21.5. The van der Waals surface area contributed by atoms with E-state index >= 15 is 0 Å². The number of rotatable bonds is 3. The third-order valence-corrected chi connectivity index (χ3v) is 5.93. The van der Waals surface area contributed by atoms with Crippen molar-refractivity contribution in [1.29, 1.82) is 0 Å². The van der Waals surface area contributed by atoms with Gasteiger partial charge in [0.25, 0.3) is 0 Å². The van der Waals surface area contributed by atoms with E-state index in [4.69, 9.17) is 23.2 Å². The molecule has 1 atom stereocenters. The van der Waals surface area contributed by atoms with Crippen molar-refractivity contribution in [2.75, 3.05) is 13.2 Å². The molecule has 106 valence electrons. The summed E-state index contributed by atoms with van der Waals surface area (Å²) in [6.45, 7) is 0.233. The largest absolute Gasteiger partial charge is 0.395 e. The highest BCUT2D eigenvalue weighted by Crippen LogP contribution is 2.31. The fourth-order valence-electron chi connectivity index (χ4n) is 2.28. The molecule has 7 heteroatoms. The standard InChI is InChI=1S/C12H15Cl2NO3S/c13-9-4-5-12(11(14)7-9)19(17,18)15-6-2-1-3-10(15)8-16/h4-5,7,10,16H,1-3,6,8H2/t10-/m1/s1. The molecular formula is C12H15Cl2NO3S. The van der Waals surface area contributed by atoms with Crippen molar-refractivity contribution in [3.63, 3.8) is 0 Å². The second-order valence-corrected chi connectivity index (χ2v) is 7.23. The number of halogens is 2. The Balaban J connectivity index is 2.40. The molecule has 0 spiro atoms. The average Bonchev–Trinajstić information content (AvgIpc) is 2.38. The Hall–Kier alpha value is -0.330. The summed E-state index contributed by atoms with van der Waals surface area (Å²) in [5.74, 6) is 0. The van der Waals surface area contributed by atoms with E-state index in [0.717, 1.165) is 12.8 Å². The van der Waals surface area contributed by atoms with Crippen LogP contribution in [0.4, 0.5) is 0 Å². The SMILES string of the molecule is O=S(=O)(c1ccc(Cl)cc1Cl)N1CCCC[C@@H]1CO. The predicted octanol–water partition coefficient (Wildman–Crippen LogP) is 2.53. The van der Waals surface area contributed by atoms with Crippen molar-refractivity contribution < 1.29 is 13.5 Å². The van der Waals surface area contributed by atoms with Gasteiger partial charge in [-0.05, 0) is 31.0 Å². The quantitative estimate of drug-likeness (QED) is 0.929. The lowest BCUT2D eigenvalue weighted by atomic mass is 10.1. The van der Waals surface area contributed by atoms with Crippen LogP contribution in [0, 0.1) is 0 Å². The molecule has 19 heavy (non-hydrogen) atoms. The molecule has 4 nitrogen and oxygen atoms in total. The van der Waals surface area contributed by atoms with Gasteiger partial charge in [0.05, 0.1) is 11.6 Å². The minimum absolute atomic E-state index is 0.0407. The average molecular weight is 324 g/mol. The zero-order valence-electron chi connectivity index (χ0n) is 10.2. The van der Waals surface area contributed by atoms with Crippen LogP contribution in [0.2, 0.25) is 10.0 Å². The summed E-state index contributed by atoms with van der Waals surface area (Å²) in [4.78, 5) is 0.0407. The monoisotopic (exact) mass is 323 g/mol. The van der Waals surface area contributed by atoms with Crippen LogP contribution in [0.1, 0.15) is 19.3 Å². The van der Waals surface area contributed by atoms with Crippen molar-refractivity contribution in [3.8, 4) is 0 Å². The highest BCUT2D eigenvalue weighted by molar-refractivity contribution is 7.89. The van der Waals surface area contributed by atoms with Gasteiger partial charge in [0.15, 0.2) is 0 Å². The second kappa shape index (κ2) is 5.97. The summed E-state index contributed by atoms with van der Waals surface area (Å²) in [5, 5.41) is 9.82. The fraction of sp³-hybridized carbons (Fsp3) is 0.500. The van der Waals surface area contributed by atoms with E-state index in [1.165, 1.54) is 22.5 Å². The van der Waals surface area contributed by atoms with Gasteiger partial charge in [0, 0.05) is 17.6 Å². The topological polar surface area (TPSA) is 57.6 Å². The minimum atomic E-state index is -3.69. The molecule has 1 fully saturated rings. The maximum Gasteiger partial charge on any atom is 0.244 e. The van der Waals surface area contributed by atoms with Gasteiger partial charge in [-0.2, -0.15) is 4.31 Å². The van der Waals surface area contributed by atoms with Crippen LogP contribution in [-0.2, 0) is 10.0 Å². The van der Waals surface area contributed by atoms with Gasteiger partial charge in [0.2, 0.25) is 10.0 Å². The molecule has 0 unspecified atom stereocenters. The fourth-order valence-corrected chi connectivity index (χ4v) is 4.72. The molecule has 1 aromatic rings. The highest BCUT2D eigenvalue weighted by Gasteiger charge is 2.34. The van der Waals surface area contributed by atoms with Crippen LogP contribution in [0.15, 0.2) is 23.1 Å². The van der Waals surface area contributed by atoms with Gasteiger partial charge in [-0.15, -0.1) is 0 Å². The molecule has 1 saturated heterocycles. The van der Waals surface area contributed by atoms with E-state index in [2.05, 4.69) is 0 Å². The molecule has 0 amide bonds. The van der Waals surface area contributed by atoms with Crippen molar-refractivity contribution in [1.82, 2.24) is 4.31 Å². The lowest BCUT2D eigenvalue weighted by Gasteiger charge is -2.33. The molecule has 1 aliphatic rings. The molecule has 0 bridgehead atoms. The molecule has 1 N–H and O–H groups in total. The summed E-state index contributed by atoms with van der Waals surface area (Å²) in [7, 11) is -3.69. The van der Waals surface area contributed by atoms with Crippen molar-refractivity contribution in [2.45, 2.75) is 30.2 Å². The lowest BCUT2D eigenvalue weighted by Crippen LogP contribution is -2.45. The number of nitrogens with zero attached hydrogens (tertiary/aromatic N) is 1. The minimum Gasteiger partial charge on any atom is -0.395 e. The van der Waals surface area contributed by atoms with Crippen LogP contribution < -0.4 is 0 Å². The summed E-state index contributed by atoms with van der Waals surface area (Å²) in [6.07, 6.45) is 2.38. The Bertz CT molecular complexity index is 562. The lowest BCUT2D eigenvalue weighted by molar-refractivity contribution is 0.155. The molecule has 0 aromatic heterocycles. The number of aliphatic hydroxyl groups excluding tert-OH is 1. The first-order chi connectivity index (χ1) is 8.96. The Morgan fingerprint density at radius 2 is 2.05 bits per heavy atom. The Morgan fingerprint density at radius 3 is 2.68 bits per heavy atom. The van der Waals surface area contributed by atoms with Gasteiger partial charge < -0.3 is 5.11 Å². The first-order valence-corrected chi connectivity index (χ1v) is 8.24. The third kappa shape index (κ3) is 3.06. The zero-order chi connectivity index (χ0) is 14.0. The summed E-state index contributed by atoms with van der Waals surface area (Å²) in [6, 6.07) is 3.94. The van der Waals surface area contributed by atoms with Crippen LogP contribution in [0.3, 0.4) is 0 Å². The summed E-state index contributed by atoms with van der Waals surface area (Å²) in [5.41, 5.74) is 0. The van der Waals surface area contributed by atoms with Crippen molar-refractivity contribution in [2.24, 2.45) is 0 Å². The van der Waals surface area contributed by atoms with E-state index < -0.39 is 10.0 Å². The number of sulfonamides is 1. The predicted molar refractivity (Wildman–Crippen MR) is 75.1 cm³/mol. The van der Waals surface area contributed by atoms with Crippen LogP contribution in [-0.4, -0.2) is 37.0 Å². The Morgan fingerprint density at radius 1 is 1.32 bits per heavy atom. The van der Waals surface area contributed by atoms with E-state index in [1.54, 1.807) is 0 Å². The van der Waals surface area contributed by atoms with Gasteiger partial charge in [0.1, 0.15) is 4.90 Å². The van der Waals surface area contributed by atoms with Gasteiger partial charge >= 0.3 is 0 Å². The van der Waals surface area contributed by atoms with Crippen LogP contribution >= 0.6 is 23.2 Å². The van der Waals surface area contributed by atoms with Crippen molar-refractivity contribution in [3.05, 3.63) is 28.2 Å². The maximum absolute atomic E-state index is 12.6. The first-order valence-electron chi connectivity index (χ1n) is 6.04. The first kappa shape index (κ1) is 15.1. The third-order valence-electron chi connectivity index (χ3n) is 3.26. The van der Waals surface area contributed by atoms with Crippen LogP contribution in [0.5, 0.6) is 0 Å². The number of aliphatic hydroxyl groups is 1. The molecule has 0 radical (unpaired) electrons. The van der Waals surface area contributed by atoms with Gasteiger partial charge in [-0.3, -0.25) is 0 Å². The van der Waals surface area contributed by atoms with Gasteiger partial charge in [-0.1, -0.05) is 29.6 Å². The summed E-state index contributed by atoms with van der Waals surface area (Å²) < 4.78 is 26.5. The zero-order valence-corrected chi connectivity index (χ0v) is 12.5. The Kier molecular flexibility index (Phi) is 4.74. The molecule has 1 heterocycles. The van der Waals surface area contributed by atoms with E-state index in [-0.39, 0.29) is 22.6 Å². The smallest absolute Gasteiger partial charge is 0.244 e. The van der Waals surface area contributed by atoms with E-state index in [1.807, 2.05) is 0 Å². The molecule has 1 aliphatic heterocycles. The Labute approximate surface area is 123 Å². The van der Waals surface area contributed by atoms with Crippen molar-refractivity contribution >= 4 is 33.2 Å². The summed E-state index contributed by atoms with van der Waals surface area (Å²) >= 11 is 11.7. The number of benzene rings is 1. The molecular weight excluding hydrogens is 309 g/mol.